The summed E-state index contributed by atoms with van der Waals surface area (Å²) in [6, 6.07) is 14.4. The van der Waals surface area contributed by atoms with E-state index in [9.17, 15) is 0 Å². The minimum absolute atomic E-state index is 0.737. The molecule has 2 aromatic heterocycles. The molecule has 0 fully saturated rings. The van der Waals surface area contributed by atoms with Crippen LogP contribution in [-0.2, 0) is 6.42 Å². The van der Waals surface area contributed by atoms with E-state index in [2.05, 4.69) is 63.3 Å². The Kier molecular flexibility index (Phi) is 4.70. The number of nitrogens with zero attached hydrogens (tertiary/aromatic N) is 3. The lowest BCUT2D eigenvalue weighted by Crippen LogP contribution is -1.96. The quantitative estimate of drug-likeness (QED) is 0.449. The van der Waals surface area contributed by atoms with Crippen LogP contribution < -0.4 is 5.32 Å². The lowest BCUT2D eigenvalue weighted by Gasteiger charge is -2.07. The van der Waals surface area contributed by atoms with Crippen LogP contribution in [-0.4, -0.2) is 15.0 Å². The van der Waals surface area contributed by atoms with E-state index < -0.39 is 0 Å². The molecule has 2 heterocycles. The molecule has 0 aliphatic rings. The fraction of sp³-hybridized carbons (Fsp3) is 0.150. The van der Waals surface area contributed by atoms with Crippen LogP contribution in [0.15, 0.2) is 53.3 Å². The first-order valence-electron chi connectivity index (χ1n) is 8.28. The van der Waals surface area contributed by atoms with Gasteiger partial charge in [-0.3, -0.25) is 0 Å². The number of benzene rings is 2. The molecular formula is C20H17BrN4S. The minimum Gasteiger partial charge on any atom is -0.338 e. The maximum absolute atomic E-state index is 4.83. The number of hydrogen-bond acceptors (Lipinski definition) is 5. The van der Waals surface area contributed by atoms with Gasteiger partial charge >= 0.3 is 0 Å². The van der Waals surface area contributed by atoms with E-state index in [1.165, 1.54) is 16.7 Å². The third-order valence-corrected chi connectivity index (χ3v) is 5.81. The molecule has 0 saturated carbocycles. The van der Waals surface area contributed by atoms with Crippen molar-refractivity contribution in [3.8, 4) is 0 Å². The average Bonchev–Trinajstić information content (AvgIpc) is 3.04. The molecule has 130 valence electrons. The highest BCUT2D eigenvalue weighted by molar-refractivity contribution is 9.10. The van der Waals surface area contributed by atoms with Crippen molar-refractivity contribution in [3.63, 3.8) is 0 Å². The fourth-order valence-corrected chi connectivity index (χ4v) is 4.09. The van der Waals surface area contributed by atoms with Crippen molar-refractivity contribution < 1.29 is 0 Å². The number of nitrogens with one attached hydrogen (secondary N) is 1. The molecule has 1 N–H and O–H groups in total. The van der Waals surface area contributed by atoms with Crippen LogP contribution in [0.5, 0.6) is 0 Å². The zero-order valence-corrected chi connectivity index (χ0v) is 16.9. The molecule has 0 amide bonds. The third kappa shape index (κ3) is 3.48. The lowest BCUT2D eigenvalue weighted by molar-refractivity contribution is 1.10. The number of halogens is 1. The van der Waals surface area contributed by atoms with E-state index in [4.69, 9.17) is 4.98 Å². The summed E-state index contributed by atoms with van der Waals surface area (Å²) in [5, 5.41) is 4.40. The molecule has 4 rings (SSSR count). The standard InChI is InChI=1S/C20H17BrN4S/c1-12-4-3-5-13(2)16(12)10-17-25-18-19(22-11-23-20(18)26-17)24-15-8-6-14(21)7-9-15/h3-9,11H,10H2,1-2H3,(H,22,23,24). The van der Waals surface area contributed by atoms with Crippen molar-refractivity contribution in [1.29, 1.82) is 0 Å². The Balaban J connectivity index is 1.68. The van der Waals surface area contributed by atoms with Crippen LogP contribution >= 0.6 is 27.3 Å². The fourth-order valence-electron chi connectivity index (χ4n) is 2.91. The van der Waals surface area contributed by atoms with Crippen molar-refractivity contribution in [2.75, 3.05) is 5.32 Å². The number of hydrogen-bond donors (Lipinski definition) is 1. The van der Waals surface area contributed by atoms with Gasteiger partial charge in [0.1, 0.15) is 21.7 Å². The second-order valence-corrected chi connectivity index (χ2v) is 8.14. The number of aryl methyl sites for hydroxylation is 2. The molecule has 0 spiro atoms. The predicted molar refractivity (Wildman–Crippen MR) is 111 cm³/mol. The van der Waals surface area contributed by atoms with Crippen LogP contribution in [0.1, 0.15) is 21.7 Å². The number of thiazole rings is 1. The molecule has 6 heteroatoms. The summed E-state index contributed by atoms with van der Waals surface area (Å²) in [4.78, 5) is 14.5. The van der Waals surface area contributed by atoms with E-state index in [0.29, 0.717) is 0 Å². The summed E-state index contributed by atoms with van der Waals surface area (Å²) in [7, 11) is 0. The van der Waals surface area contributed by atoms with Gasteiger partial charge in [-0.25, -0.2) is 15.0 Å². The van der Waals surface area contributed by atoms with Crippen molar-refractivity contribution >= 4 is 49.1 Å². The summed E-state index contributed by atoms with van der Waals surface area (Å²) in [5.41, 5.74) is 5.72. The lowest BCUT2D eigenvalue weighted by atomic mass is 10.0. The summed E-state index contributed by atoms with van der Waals surface area (Å²) in [5.74, 6) is 0.737. The Morgan fingerprint density at radius 3 is 2.46 bits per heavy atom. The number of aromatic nitrogens is 3. The molecule has 2 aromatic carbocycles. The summed E-state index contributed by atoms with van der Waals surface area (Å²) in [6.45, 7) is 4.30. The smallest absolute Gasteiger partial charge is 0.161 e. The van der Waals surface area contributed by atoms with Gasteiger partial charge in [0, 0.05) is 16.6 Å². The molecular weight excluding hydrogens is 408 g/mol. The van der Waals surface area contributed by atoms with Gasteiger partial charge in [-0.2, -0.15) is 0 Å². The zero-order chi connectivity index (χ0) is 18.1. The molecule has 4 aromatic rings. The minimum atomic E-state index is 0.737. The highest BCUT2D eigenvalue weighted by atomic mass is 79.9. The van der Waals surface area contributed by atoms with E-state index >= 15 is 0 Å². The molecule has 0 atom stereocenters. The van der Waals surface area contributed by atoms with Gasteiger partial charge in [0.25, 0.3) is 0 Å². The molecule has 4 nitrogen and oxygen atoms in total. The van der Waals surface area contributed by atoms with E-state index in [-0.39, 0.29) is 0 Å². The second-order valence-electron chi connectivity index (χ2n) is 6.16. The monoisotopic (exact) mass is 424 g/mol. The van der Waals surface area contributed by atoms with Crippen molar-refractivity contribution in [3.05, 3.63) is 75.0 Å². The first kappa shape index (κ1) is 17.1. The van der Waals surface area contributed by atoms with Crippen LogP contribution in [0.25, 0.3) is 10.3 Å². The maximum Gasteiger partial charge on any atom is 0.161 e. The van der Waals surface area contributed by atoms with Crippen LogP contribution in [0.3, 0.4) is 0 Å². The van der Waals surface area contributed by atoms with Gasteiger partial charge in [-0.15, -0.1) is 0 Å². The van der Waals surface area contributed by atoms with E-state index in [1.807, 2.05) is 24.3 Å². The topological polar surface area (TPSA) is 50.7 Å². The van der Waals surface area contributed by atoms with Crippen molar-refractivity contribution in [2.45, 2.75) is 20.3 Å². The maximum atomic E-state index is 4.83. The normalized spacial score (nSPS) is 11.0. The van der Waals surface area contributed by atoms with Crippen molar-refractivity contribution in [2.24, 2.45) is 0 Å². The molecule has 0 bridgehead atoms. The Morgan fingerprint density at radius 1 is 1.00 bits per heavy atom. The van der Waals surface area contributed by atoms with Crippen molar-refractivity contribution in [1.82, 2.24) is 15.0 Å². The van der Waals surface area contributed by atoms with Crippen LogP contribution in [0, 0.1) is 13.8 Å². The first-order valence-corrected chi connectivity index (χ1v) is 9.89. The first-order chi connectivity index (χ1) is 12.6. The van der Waals surface area contributed by atoms with Gasteiger partial charge in [0.15, 0.2) is 5.82 Å². The molecule has 0 radical (unpaired) electrons. The molecule has 0 aliphatic heterocycles. The van der Waals surface area contributed by atoms with Gasteiger partial charge in [-0.1, -0.05) is 45.5 Å². The summed E-state index contributed by atoms with van der Waals surface area (Å²) < 4.78 is 1.04. The molecule has 0 aliphatic carbocycles. The molecule has 0 saturated heterocycles. The third-order valence-electron chi connectivity index (χ3n) is 4.32. The molecule has 0 unspecified atom stereocenters. The summed E-state index contributed by atoms with van der Waals surface area (Å²) in [6.07, 6.45) is 2.40. The Labute approximate surface area is 164 Å². The number of fused-ring (bicyclic) bond motifs is 1. The molecule has 26 heavy (non-hydrogen) atoms. The Hall–Kier alpha value is -2.31. The summed E-state index contributed by atoms with van der Waals surface area (Å²) >= 11 is 5.08. The Bertz CT molecular complexity index is 1050. The van der Waals surface area contributed by atoms with Gasteiger partial charge < -0.3 is 5.32 Å². The van der Waals surface area contributed by atoms with Gasteiger partial charge in [-0.05, 0) is 54.8 Å². The average molecular weight is 425 g/mol. The van der Waals surface area contributed by atoms with Crippen LogP contribution in [0.4, 0.5) is 11.5 Å². The SMILES string of the molecule is Cc1cccc(C)c1Cc1nc2c(Nc3ccc(Br)cc3)ncnc2s1. The second kappa shape index (κ2) is 7.13. The zero-order valence-electron chi connectivity index (χ0n) is 14.5. The van der Waals surface area contributed by atoms with Crippen LogP contribution in [0.2, 0.25) is 0 Å². The predicted octanol–water partition coefficient (Wildman–Crippen LogP) is 5.80. The number of anilines is 2. The van der Waals surface area contributed by atoms with Gasteiger partial charge in [0.2, 0.25) is 0 Å². The highest BCUT2D eigenvalue weighted by Crippen LogP contribution is 2.29. The number of rotatable bonds is 4. The highest BCUT2D eigenvalue weighted by Gasteiger charge is 2.13. The largest absolute Gasteiger partial charge is 0.338 e. The van der Waals surface area contributed by atoms with Gasteiger partial charge in [0.05, 0.1) is 0 Å². The Morgan fingerprint density at radius 2 is 1.73 bits per heavy atom. The van der Waals surface area contributed by atoms with E-state index in [1.54, 1.807) is 17.7 Å². The van der Waals surface area contributed by atoms with E-state index in [0.717, 1.165) is 37.8 Å².